The number of aromatic nitrogens is 3. The average Bonchev–Trinajstić information content (AvgIpc) is 2.91. The number of fused-ring (bicyclic) bond motifs is 1. The molecule has 0 amide bonds. The number of nitrogens with zero attached hydrogens (tertiary/aromatic N) is 4. The smallest absolute Gasteiger partial charge is 0.154 e. The number of anilines is 1. The van der Waals surface area contributed by atoms with E-state index in [1.165, 1.54) is 0 Å². The fourth-order valence-electron chi connectivity index (χ4n) is 3.09. The number of hydrogen-bond acceptors (Lipinski definition) is 4. The molecule has 114 valence electrons. The molecule has 1 aliphatic heterocycles. The summed E-state index contributed by atoms with van der Waals surface area (Å²) in [4.78, 5) is 6.98. The van der Waals surface area contributed by atoms with Crippen LogP contribution in [-0.2, 0) is 0 Å². The van der Waals surface area contributed by atoms with Gasteiger partial charge in [-0.15, -0.1) is 0 Å². The minimum atomic E-state index is 0.290. The van der Waals surface area contributed by atoms with E-state index in [9.17, 15) is 0 Å². The van der Waals surface area contributed by atoms with Crippen LogP contribution in [0.5, 0.6) is 0 Å². The van der Waals surface area contributed by atoms with E-state index in [4.69, 9.17) is 5.73 Å². The van der Waals surface area contributed by atoms with Crippen molar-refractivity contribution in [3.63, 3.8) is 0 Å². The van der Waals surface area contributed by atoms with Crippen LogP contribution in [0.15, 0.2) is 18.5 Å². The number of piperidine rings is 1. The van der Waals surface area contributed by atoms with Gasteiger partial charge >= 0.3 is 0 Å². The van der Waals surface area contributed by atoms with Crippen LogP contribution in [0.1, 0.15) is 45.2 Å². The molecule has 2 aromatic rings. The minimum Gasteiger partial charge on any atom is -0.355 e. The van der Waals surface area contributed by atoms with Gasteiger partial charge in [-0.2, -0.15) is 5.10 Å². The van der Waals surface area contributed by atoms with Gasteiger partial charge in [0.15, 0.2) is 5.82 Å². The van der Waals surface area contributed by atoms with Crippen molar-refractivity contribution in [1.82, 2.24) is 14.6 Å². The Bertz CT molecular complexity index is 608. The van der Waals surface area contributed by atoms with Crippen molar-refractivity contribution in [2.75, 3.05) is 18.0 Å². The third kappa shape index (κ3) is 2.75. The van der Waals surface area contributed by atoms with Gasteiger partial charge in [0.1, 0.15) is 5.52 Å². The first kappa shape index (κ1) is 14.3. The topological polar surface area (TPSA) is 59.5 Å². The third-order valence-electron chi connectivity index (χ3n) is 4.56. The van der Waals surface area contributed by atoms with E-state index < -0.39 is 0 Å². The summed E-state index contributed by atoms with van der Waals surface area (Å²) in [7, 11) is 0. The first-order valence-corrected chi connectivity index (χ1v) is 7.91. The summed E-state index contributed by atoms with van der Waals surface area (Å²) >= 11 is 0. The molecule has 0 spiro atoms. The number of hydrogen-bond donors (Lipinski definition) is 1. The van der Waals surface area contributed by atoms with Gasteiger partial charge in [-0.05, 0) is 37.7 Å². The molecule has 1 aliphatic rings. The highest BCUT2D eigenvalue weighted by molar-refractivity contribution is 5.69. The molecule has 3 rings (SSSR count). The van der Waals surface area contributed by atoms with Gasteiger partial charge in [-0.1, -0.05) is 13.8 Å². The zero-order valence-corrected chi connectivity index (χ0v) is 13.2. The second kappa shape index (κ2) is 5.64. The summed E-state index contributed by atoms with van der Waals surface area (Å²) in [6.45, 7) is 8.51. The Morgan fingerprint density at radius 3 is 2.57 bits per heavy atom. The lowest BCUT2D eigenvalue weighted by Gasteiger charge is -2.34. The molecule has 0 aliphatic carbocycles. The van der Waals surface area contributed by atoms with Gasteiger partial charge in [-0.25, -0.2) is 9.50 Å². The lowest BCUT2D eigenvalue weighted by Crippen LogP contribution is -2.40. The zero-order valence-electron chi connectivity index (χ0n) is 13.2. The van der Waals surface area contributed by atoms with E-state index in [2.05, 4.69) is 41.8 Å². The highest BCUT2D eigenvalue weighted by Gasteiger charge is 2.24. The Labute approximate surface area is 126 Å². The van der Waals surface area contributed by atoms with Crippen LogP contribution in [0.25, 0.3) is 5.52 Å². The molecule has 0 aromatic carbocycles. The Kier molecular flexibility index (Phi) is 3.85. The SMILES string of the molecule is CC(C)c1cc2c(N3CCC(C(C)N)CC3)nccn2n1. The molecule has 2 N–H and O–H groups in total. The van der Waals surface area contributed by atoms with Crippen LogP contribution in [-0.4, -0.2) is 33.7 Å². The standard InChI is InChI=1S/C16H25N5/c1-11(2)14-10-15-16(18-6-9-21(15)19-14)20-7-4-13(5-8-20)12(3)17/h6,9-13H,4-5,7-8,17H2,1-3H3. The summed E-state index contributed by atoms with van der Waals surface area (Å²) in [6, 6.07) is 2.46. The van der Waals surface area contributed by atoms with Gasteiger partial charge in [0.25, 0.3) is 0 Å². The maximum atomic E-state index is 6.03. The summed E-state index contributed by atoms with van der Waals surface area (Å²) in [5.41, 5.74) is 8.26. The van der Waals surface area contributed by atoms with Gasteiger partial charge < -0.3 is 10.6 Å². The molecule has 2 aromatic heterocycles. The van der Waals surface area contributed by atoms with Crippen molar-refractivity contribution in [1.29, 1.82) is 0 Å². The monoisotopic (exact) mass is 287 g/mol. The highest BCUT2D eigenvalue weighted by atomic mass is 15.3. The molecule has 5 nitrogen and oxygen atoms in total. The van der Waals surface area contributed by atoms with Crippen LogP contribution in [0.2, 0.25) is 0 Å². The fraction of sp³-hybridized carbons (Fsp3) is 0.625. The van der Waals surface area contributed by atoms with Gasteiger partial charge in [0.05, 0.1) is 5.69 Å². The molecule has 5 heteroatoms. The van der Waals surface area contributed by atoms with E-state index >= 15 is 0 Å². The second-order valence-electron chi connectivity index (χ2n) is 6.49. The maximum Gasteiger partial charge on any atom is 0.154 e. The van der Waals surface area contributed by atoms with E-state index in [-0.39, 0.29) is 0 Å². The Balaban J connectivity index is 1.87. The summed E-state index contributed by atoms with van der Waals surface area (Å²) in [5, 5.41) is 4.64. The molecule has 1 unspecified atom stereocenters. The van der Waals surface area contributed by atoms with Crippen molar-refractivity contribution in [3.8, 4) is 0 Å². The number of nitrogens with two attached hydrogens (primary N) is 1. The molecule has 0 bridgehead atoms. The van der Waals surface area contributed by atoms with E-state index in [1.807, 2.05) is 16.9 Å². The first-order valence-electron chi connectivity index (χ1n) is 7.91. The van der Waals surface area contributed by atoms with E-state index in [1.54, 1.807) is 0 Å². The van der Waals surface area contributed by atoms with Gasteiger partial charge in [0, 0.05) is 31.5 Å². The van der Waals surface area contributed by atoms with Gasteiger partial charge in [-0.3, -0.25) is 0 Å². The predicted octanol–water partition coefficient (Wildman–Crippen LogP) is 2.42. The van der Waals surface area contributed by atoms with E-state index in [0.717, 1.165) is 43.0 Å². The Hall–Kier alpha value is -1.62. The van der Waals surface area contributed by atoms with Crippen molar-refractivity contribution in [2.45, 2.75) is 45.6 Å². The molecule has 1 fully saturated rings. The normalized spacial score (nSPS) is 18.6. The molecule has 1 saturated heterocycles. The lowest BCUT2D eigenvalue weighted by molar-refractivity contribution is 0.354. The first-order chi connectivity index (χ1) is 10.1. The summed E-state index contributed by atoms with van der Waals surface area (Å²) in [5.74, 6) is 2.12. The van der Waals surface area contributed by atoms with Crippen LogP contribution >= 0.6 is 0 Å². The maximum absolute atomic E-state index is 6.03. The number of rotatable bonds is 3. The quantitative estimate of drug-likeness (QED) is 0.942. The zero-order chi connectivity index (χ0) is 15.0. The van der Waals surface area contributed by atoms with Crippen molar-refractivity contribution in [2.24, 2.45) is 11.7 Å². The van der Waals surface area contributed by atoms with Crippen molar-refractivity contribution in [3.05, 3.63) is 24.2 Å². The van der Waals surface area contributed by atoms with Crippen molar-refractivity contribution >= 4 is 11.3 Å². The average molecular weight is 287 g/mol. The van der Waals surface area contributed by atoms with Crippen LogP contribution in [0.3, 0.4) is 0 Å². The summed E-state index contributed by atoms with van der Waals surface area (Å²) in [6.07, 6.45) is 6.06. The fourth-order valence-corrected chi connectivity index (χ4v) is 3.09. The van der Waals surface area contributed by atoms with Gasteiger partial charge in [0.2, 0.25) is 0 Å². The molecular formula is C16H25N5. The van der Waals surface area contributed by atoms with Crippen molar-refractivity contribution < 1.29 is 0 Å². The molecule has 1 atom stereocenters. The molecule has 0 radical (unpaired) electrons. The molecule has 21 heavy (non-hydrogen) atoms. The largest absolute Gasteiger partial charge is 0.355 e. The predicted molar refractivity (Wildman–Crippen MR) is 85.7 cm³/mol. The highest BCUT2D eigenvalue weighted by Crippen LogP contribution is 2.27. The lowest BCUT2D eigenvalue weighted by atomic mass is 9.91. The van der Waals surface area contributed by atoms with E-state index in [0.29, 0.717) is 17.9 Å². The Morgan fingerprint density at radius 2 is 1.95 bits per heavy atom. The van der Waals surface area contributed by atoms with Crippen LogP contribution in [0.4, 0.5) is 5.82 Å². The molecule has 3 heterocycles. The minimum absolute atomic E-state index is 0.290. The van der Waals surface area contributed by atoms with Crippen LogP contribution in [0, 0.1) is 5.92 Å². The second-order valence-corrected chi connectivity index (χ2v) is 6.49. The molecular weight excluding hydrogens is 262 g/mol. The molecule has 0 saturated carbocycles. The van der Waals surface area contributed by atoms with Crippen LogP contribution < -0.4 is 10.6 Å². The third-order valence-corrected chi connectivity index (χ3v) is 4.56. The Morgan fingerprint density at radius 1 is 1.24 bits per heavy atom. The summed E-state index contributed by atoms with van der Waals surface area (Å²) < 4.78 is 1.95.